The monoisotopic (exact) mass is 239 g/mol. The molecule has 0 aromatic carbocycles. The third kappa shape index (κ3) is 2.46. The van der Waals surface area contributed by atoms with Crippen molar-refractivity contribution in [1.29, 1.82) is 0 Å². The van der Waals surface area contributed by atoms with Crippen molar-refractivity contribution in [3.63, 3.8) is 0 Å². The Hall–Kier alpha value is -0.830. The molecule has 0 amide bonds. The van der Waals surface area contributed by atoms with Crippen LogP contribution in [-0.4, -0.2) is 22.6 Å². The van der Waals surface area contributed by atoms with Crippen molar-refractivity contribution in [2.75, 3.05) is 11.4 Å². The van der Waals surface area contributed by atoms with E-state index in [9.17, 15) is 0 Å². The van der Waals surface area contributed by atoms with Gasteiger partial charge in [0, 0.05) is 24.3 Å². The lowest BCUT2D eigenvalue weighted by molar-refractivity contribution is 0.723. The van der Waals surface area contributed by atoms with Gasteiger partial charge in [-0.2, -0.15) is 0 Å². The fourth-order valence-electron chi connectivity index (χ4n) is 2.26. The van der Waals surface area contributed by atoms with Crippen LogP contribution in [0.1, 0.15) is 38.8 Å². The Labute approximate surface area is 102 Å². The number of nitrogens with zero attached hydrogens (tertiary/aromatic N) is 3. The Morgan fingerprint density at radius 3 is 2.94 bits per heavy atom. The Kier molecular flexibility index (Phi) is 3.64. The molecule has 1 aliphatic heterocycles. The van der Waals surface area contributed by atoms with Gasteiger partial charge in [0.1, 0.15) is 5.82 Å². The van der Waals surface area contributed by atoms with Crippen molar-refractivity contribution >= 4 is 17.4 Å². The Bertz CT molecular complexity index is 367. The van der Waals surface area contributed by atoms with E-state index >= 15 is 0 Å². The van der Waals surface area contributed by atoms with Crippen molar-refractivity contribution in [3.8, 4) is 0 Å². The smallest absolute Gasteiger partial charge is 0.224 e. The molecule has 0 spiro atoms. The lowest BCUT2D eigenvalue weighted by Gasteiger charge is -2.22. The molecule has 1 fully saturated rings. The van der Waals surface area contributed by atoms with Crippen molar-refractivity contribution in [2.45, 2.75) is 45.6 Å². The van der Waals surface area contributed by atoms with Crippen LogP contribution in [0.2, 0.25) is 5.28 Å². The van der Waals surface area contributed by atoms with Crippen LogP contribution < -0.4 is 4.90 Å². The van der Waals surface area contributed by atoms with E-state index in [1.54, 1.807) is 0 Å². The fourth-order valence-corrected chi connectivity index (χ4v) is 2.45. The van der Waals surface area contributed by atoms with Crippen LogP contribution in [0.5, 0.6) is 0 Å². The first-order chi connectivity index (χ1) is 7.70. The van der Waals surface area contributed by atoms with E-state index in [2.05, 4.69) is 34.8 Å². The van der Waals surface area contributed by atoms with Crippen LogP contribution in [-0.2, 0) is 6.42 Å². The summed E-state index contributed by atoms with van der Waals surface area (Å²) in [6, 6.07) is 2.65. The molecule has 2 heterocycles. The molecule has 1 aliphatic rings. The molecule has 1 saturated heterocycles. The molecule has 1 aromatic heterocycles. The van der Waals surface area contributed by atoms with E-state index in [-0.39, 0.29) is 0 Å². The van der Waals surface area contributed by atoms with E-state index in [1.165, 1.54) is 12.8 Å². The molecule has 2 rings (SSSR count). The second-order valence-corrected chi connectivity index (χ2v) is 4.76. The van der Waals surface area contributed by atoms with Gasteiger partial charge in [-0.25, -0.2) is 9.97 Å². The average molecular weight is 240 g/mol. The van der Waals surface area contributed by atoms with E-state index in [0.717, 1.165) is 30.9 Å². The minimum Gasteiger partial charge on any atom is -0.354 e. The summed E-state index contributed by atoms with van der Waals surface area (Å²) in [5, 5.41) is 0.375. The lowest BCUT2D eigenvalue weighted by atomic mass is 10.2. The Balaban J connectivity index is 2.25. The van der Waals surface area contributed by atoms with Gasteiger partial charge >= 0.3 is 0 Å². The van der Waals surface area contributed by atoms with Crippen LogP contribution >= 0.6 is 11.6 Å². The van der Waals surface area contributed by atoms with Crippen molar-refractivity contribution in [3.05, 3.63) is 17.0 Å². The maximum Gasteiger partial charge on any atom is 0.224 e. The molecular formula is C12H18ClN3. The number of rotatable bonds is 3. The van der Waals surface area contributed by atoms with Crippen LogP contribution in [0, 0.1) is 0 Å². The molecule has 0 saturated carbocycles. The fraction of sp³-hybridized carbons (Fsp3) is 0.667. The number of hydrogen-bond donors (Lipinski definition) is 0. The molecule has 1 unspecified atom stereocenters. The van der Waals surface area contributed by atoms with E-state index in [1.807, 2.05) is 0 Å². The summed E-state index contributed by atoms with van der Waals surface area (Å²) in [6.45, 7) is 5.47. The summed E-state index contributed by atoms with van der Waals surface area (Å²) >= 11 is 5.96. The molecule has 0 bridgehead atoms. The predicted octanol–water partition coefficient (Wildman–Crippen LogP) is 3.07. The minimum absolute atomic E-state index is 0.375. The highest BCUT2D eigenvalue weighted by Gasteiger charge is 2.22. The summed E-state index contributed by atoms with van der Waals surface area (Å²) in [7, 11) is 0. The molecule has 1 atom stereocenters. The lowest BCUT2D eigenvalue weighted by Crippen LogP contribution is -2.27. The van der Waals surface area contributed by atoms with Gasteiger partial charge in [0.05, 0.1) is 0 Å². The quantitative estimate of drug-likeness (QED) is 0.760. The summed E-state index contributed by atoms with van der Waals surface area (Å²) in [5.41, 5.74) is 1.05. The summed E-state index contributed by atoms with van der Waals surface area (Å²) < 4.78 is 0. The van der Waals surface area contributed by atoms with Crippen molar-refractivity contribution in [2.24, 2.45) is 0 Å². The SMILES string of the molecule is CCCc1cc(N2CCCC2C)nc(Cl)n1. The van der Waals surface area contributed by atoms with Gasteiger partial charge in [-0.1, -0.05) is 13.3 Å². The van der Waals surface area contributed by atoms with Gasteiger partial charge in [0.15, 0.2) is 0 Å². The molecule has 88 valence electrons. The van der Waals surface area contributed by atoms with Gasteiger partial charge < -0.3 is 4.90 Å². The number of aryl methyl sites for hydroxylation is 1. The van der Waals surface area contributed by atoms with E-state index < -0.39 is 0 Å². The average Bonchev–Trinajstić information content (AvgIpc) is 2.64. The minimum atomic E-state index is 0.375. The number of halogens is 1. The largest absolute Gasteiger partial charge is 0.354 e. The normalized spacial score (nSPS) is 20.4. The molecule has 1 aromatic rings. The molecule has 0 radical (unpaired) electrons. The molecular weight excluding hydrogens is 222 g/mol. The summed E-state index contributed by atoms with van der Waals surface area (Å²) in [6.07, 6.45) is 4.54. The summed E-state index contributed by atoms with van der Waals surface area (Å²) in [5.74, 6) is 0.994. The Morgan fingerprint density at radius 2 is 2.31 bits per heavy atom. The second kappa shape index (κ2) is 5.00. The van der Waals surface area contributed by atoms with Crippen LogP contribution in [0.3, 0.4) is 0 Å². The highest BCUT2D eigenvalue weighted by molar-refractivity contribution is 6.28. The standard InChI is InChI=1S/C12H18ClN3/c1-3-5-10-8-11(15-12(13)14-10)16-7-4-6-9(16)2/h8-9H,3-7H2,1-2H3. The zero-order chi connectivity index (χ0) is 11.5. The third-order valence-corrected chi connectivity index (χ3v) is 3.26. The first-order valence-corrected chi connectivity index (χ1v) is 6.38. The van der Waals surface area contributed by atoms with Crippen LogP contribution in [0.4, 0.5) is 5.82 Å². The van der Waals surface area contributed by atoms with Gasteiger partial charge in [0.25, 0.3) is 0 Å². The molecule has 0 N–H and O–H groups in total. The first kappa shape index (κ1) is 11.6. The number of anilines is 1. The first-order valence-electron chi connectivity index (χ1n) is 6.01. The second-order valence-electron chi connectivity index (χ2n) is 4.42. The van der Waals surface area contributed by atoms with Gasteiger partial charge in [0.2, 0.25) is 5.28 Å². The Morgan fingerprint density at radius 1 is 1.50 bits per heavy atom. The molecule has 3 nitrogen and oxygen atoms in total. The maximum atomic E-state index is 5.96. The highest BCUT2D eigenvalue weighted by Crippen LogP contribution is 2.25. The zero-order valence-electron chi connectivity index (χ0n) is 9.91. The van der Waals surface area contributed by atoms with Gasteiger partial charge in [-0.15, -0.1) is 0 Å². The molecule has 0 aliphatic carbocycles. The van der Waals surface area contributed by atoms with Gasteiger partial charge in [-0.3, -0.25) is 0 Å². The van der Waals surface area contributed by atoms with Crippen molar-refractivity contribution < 1.29 is 0 Å². The van der Waals surface area contributed by atoms with E-state index in [4.69, 9.17) is 11.6 Å². The van der Waals surface area contributed by atoms with Crippen LogP contribution in [0.25, 0.3) is 0 Å². The zero-order valence-corrected chi connectivity index (χ0v) is 10.7. The third-order valence-electron chi connectivity index (χ3n) is 3.09. The summed E-state index contributed by atoms with van der Waals surface area (Å²) in [4.78, 5) is 10.9. The molecule has 16 heavy (non-hydrogen) atoms. The van der Waals surface area contributed by atoms with Gasteiger partial charge in [-0.05, 0) is 37.8 Å². The maximum absolute atomic E-state index is 5.96. The topological polar surface area (TPSA) is 29.0 Å². The van der Waals surface area contributed by atoms with E-state index in [0.29, 0.717) is 11.3 Å². The number of aromatic nitrogens is 2. The highest BCUT2D eigenvalue weighted by atomic mass is 35.5. The van der Waals surface area contributed by atoms with Crippen molar-refractivity contribution in [1.82, 2.24) is 9.97 Å². The number of hydrogen-bond acceptors (Lipinski definition) is 3. The van der Waals surface area contributed by atoms with Crippen LogP contribution in [0.15, 0.2) is 6.07 Å². The molecule has 4 heteroatoms. The predicted molar refractivity (Wildman–Crippen MR) is 67.1 cm³/mol.